The SMILES string of the molecule is C(#Cc1ccccc1)COCC1CCCNC1. The zero-order valence-corrected chi connectivity index (χ0v) is 10.1. The van der Waals surface area contributed by atoms with Crippen molar-refractivity contribution in [1.82, 2.24) is 5.32 Å². The summed E-state index contributed by atoms with van der Waals surface area (Å²) in [6.45, 7) is 3.61. The van der Waals surface area contributed by atoms with Crippen molar-refractivity contribution in [3.8, 4) is 11.8 Å². The van der Waals surface area contributed by atoms with Crippen LogP contribution in [0.4, 0.5) is 0 Å². The van der Waals surface area contributed by atoms with Gasteiger partial charge in [-0.15, -0.1) is 0 Å². The van der Waals surface area contributed by atoms with E-state index in [2.05, 4.69) is 17.2 Å². The Balaban J connectivity index is 1.64. The Morgan fingerprint density at radius 1 is 1.29 bits per heavy atom. The van der Waals surface area contributed by atoms with Gasteiger partial charge in [-0.25, -0.2) is 0 Å². The maximum atomic E-state index is 5.58. The molecule has 1 aliphatic heterocycles. The van der Waals surface area contributed by atoms with Gasteiger partial charge in [0.1, 0.15) is 6.61 Å². The number of rotatable bonds is 3. The topological polar surface area (TPSA) is 21.3 Å². The maximum absolute atomic E-state index is 5.58. The zero-order chi connectivity index (χ0) is 11.8. The van der Waals surface area contributed by atoms with Crippen molar-refractivity contribution in [2.75, 3.05) is 26.3 Å². The first-order valence-electron chi connectivity index (χ1n) is 6.27. The zero-order valence-electron chi connectivity index (χ0n) is 10.1. The van der Waals surface area contributed by atoms with Crippen LogP contribution >= 0.6 is 0 Å². The highest BCUT2D eigenvalue weighted by atomic mass is 16.5. The number of benzene rings is 1. The van der Waals surface area contributed by atoms with Crippen LogP contribution in [0.2, 0.25) is 0 Å². The van der Waals surface area contributed by atoms with E-state index in [1.54, 1.807) is 0 Å². The van der Waals surface area contributed by atoms with Crippen LogP contribution in [0.15, 0.2) is 30.3 Å². The summed E-state index contributed by atoms with van der Waals surface area (Å²) in [6, 6.07) is 10.0. The predicted molar refractivity (Wildman–Crippen MR) is 69.7 cm³/mol. The molecule has 2 rings (SSSR count). The van der Waals surface area contributed by atoms with Crippen LogP contribution in [-0.2, 0) is 4.74 Å². The number of hydrogen-bond donors (Lipinski definition) is 1. The Labute approximate surface area is 103 Å². The van der Waals surface area contributed by atoms with Crippen LogP contribution < -0.4 is 5.32 Å². The van der Waals surface area contributed by atoms with Crippen molar-refractivity contribution in [2.24, 2.45) is 5.92 Å². The quantitative estimate of drug-likeness (QED) is 0.633. The van der Waals surface area contributed by atoms with Crippen molar-refractivity contribution in [2.45, 2.75) is 12.8 Å². The molecule has 0 spiro atoms. The van der Waals surface area contributed by atoms with E-state index < -0.39 is 0 Å². The largest absolute Gasteiger partial charge is 0.368 e. The Morgan fingerprint density at radius 2 is 2.18 bits per heavy atom. The lowest BCUT2D eigenvalue weighted by molar-refractivity contribution is 0.114. The first-order valence-corrected chi connectivity index (χ1v) is 6.27. The molecule has 1 heterocycles. The van der Waals surface area contributed by atoms with Crippen molar-refractivity contribution in [1.29, 1.82) is 0 Å². The van der Waals surface area contributed by atoms with Crippen LogP contribution in [0.25, 0.3) is 0 Å². The third-order valence-corrected chi connectivity index (χ3v) is 2.93. The summed E-state index contributed by atoms with van der Waals surface area (Å²) in [5, 5.41) is 3.39. The molecule has 1 fully saturated rings. The molecule has 17 heavy (non-hydrogen) atoms. The predicted octanol–water partition coefficient (Wildman–Crippen LogP) is 2.05. The van der Waals surface area contributed by atoms with E-state index in [1.807, 2.05) is 30.3 Å². The van der Waals surface area contributed by atoms with Gasteiger partial charge >= 0.3 is 0 Å². The highest BCUT2D eigenvalue weighted by Crippen LogP contribution is 2.09. The lowest BCUT2D eigenvalue weighted by Crippen LogP contribution is -2.32. The third kappa shape index (κ3) is 4.60. The first-order chi connectivity index (χ1) is 8.45. The lowest BCUT2D eigenvalue weighted by Gasteiger charge is -2.21. The molecule has 1 aromatic carbocycles. The molecule has 2 heteroatoms. The summed E-state index contributed by atoms with van der Waals surface area (Å²) < 4.78 is 5.58. The molecule has 0 bridgehead atoms. The molecular weight excluding hydrogens is 210 g/mol. The second-order valence-electron chi connectivity index (χ2n) is 4.40. The van der Waals surface area contributed by atoms with Gasteiger partial charge in [0, 0.05) is 12.1 Å². The molecule has 90 valence electrons. The number of piperidine rings is 1. The van der Waals surface area contributed by atoms with Gasteiger partial charge in [-0.2, -0.15) is 0 Å². The summed E-state index contributed by atoms with van der Waals surface area (Å²) in [4.78, 5) is 0. The molecule has 0 saturated carbocycles. The van der Waals surface area contributed by atoms with Gasteiger partial charge in [0.25, 0.3) is 0 Å². The summed E-state index contributed by atoms with van der Waals surface area (Å²) >= 11 is 0. The van der Waals surface area contributed by atoms with E-state index in [0.717, 1.165) is 25.3 Å². The molecule has 1 saturated heterocycles. The van der Waals surface area contributed by atoms with Gasteiger partial charge in [-0.1, -0.05) is 30.0 Å². The number of ether oxygens (including phenoxy) is 1. The smallest absolute Gasteiger partial charge is 0.108 e. The van der Waals surface area contributed by atoms with E-state index in [-0.39, 0.29) is 0 Å². The summed E-state index contributed by atoms with van der Waals surface area (Å²) in [7, 11) is 0. The fraction of sp³-hybridized carbons (Fsp3) is 0.467. The molecule has 1 aromatic rings. The van der Waals surface area contributed by atoms with Crippen LogP contribution in [0.3, 0.4) is 0 Å². The van der Waals surface area contributed by atoms with Crippen molar-refractivity contribution >= 4 is 0 Å². The second-order valence-corrected chi connectivity index (χ2v) is 4.40. The average molecular weight is 229 g/mol. The Morgan fingerprint density at radius 3 is 2.94 bits per heavy atom. The molecule has 0 aromatic heterocycles. The van der Waals surface area contributed by atoms with Gasteiger partial charge in [0.05, 0.1) is 6.61 Å². The summed E-state index contributed by atoms with van der Waals surface area (Å²) in [5.74, 6) is 6.81. The molecule has 1 atom stereocenters. The minimum atomic E-state index is 0.533. The Kier molecular flexibility index (Phi) is 5.09. The minimum Gasteiger partial charge on any atom is -0.368 e. The average Bonchev–Trinajstić information content (AvgIpc) is 2.41. The second kappa shape index (κ2) is 7.11. The monoisotopic (exact) mass is 229 g/mol. The van der Waals surface area contributed by atoms with Gasteiger partial charge in [-0.3, -0.25) is 0 Å². The van der Waals surface area contributed by atoms with Crippen molar-refractivity contribution in [3.05, 3.63) is 35.9 Å². The molecule has 1 N–H and O–H groups in total. The fourth-order valence-electron chi connectivity index (χ4n) is 2.00. The fourth-order valence-corrected chi connectivity index (χ4v) is 2.00. The van der Waals surface area contributed by atoms with E-state index in [9.17, 15) is 0 Å². The molecule has 0 amide bonds. The van der Waals surface area contributed by atoms with Crippen molar-refractivity contribution < 1.29 is 4.74 Å². The normalized spacial score (nSPS) is 19.4. The Bertz CT molecular complexity index is 371. The third-order valence-electron chi connectivity index (χ3n) is 2.93. The van der Waals surface area contributed by atoms with Crippen LogP contribution in [0.1, 0.15) is 18.4 Å². The van der Waals surface area contributed by atoms with Crippen LogP contribution in [0, 0.1) is 17.8 Å². The van der Waals surface area contributed by atoms with E-state index >= 15 is 0 Å². The highest BCUT2D eigenvalue weighted by Gasteiger charge is 2.11. The summed E-state index contributed by atoms with van der Waals surface area (Å²) in [6.07, 6.45) is 2.54. The lowest BCUT2D eigenvalue weighted by atomic mass is 10.0. The minimum absolute atomic E-state index is 0.533. The standard InChI is InChI=1S/C15H19NO/c1-2-6-14(7-3-1)9-5-11-17-13-15-8-4-10-16-12-15/h1-3,6-7,15-16H,4,8,10-13H2. The molecule has 1 unspecified atom stereocenters. The summed E-state index contributed by atoms with van der Waals surface area (Å²) in [5.41, 5.74) is 1.05. The maximum Gasteiger partial charge on any atom is 0.108 e. The first kappa shape index (κ1) is 12.2. The van der Waals surface area contributed by atoms with E-state index in [1.165, 1.54) is 12.8 Å². The van der Waals surface area contributed by atoms with Gasteiger partial charge < -0.3 is 10.1 Å². The van der Waals surface area contributed by atoms with Gasteiger partial charge in [0.2, 0.25) is 0 Å². The van der Waals surface area contributed by atoms with Crippen molar-refractivity contribution in [3.63, 3.8) is 0 Å². The van der Waals surface area contributed by atoms with Gasteiger partial charge in [-0.05, 0) is 37.4 Å². The van der Waals surface area contributed by atoms with E-state index in [4.69, 9.17) is 4.74 Å². The molecule has 0 radical (unpaired) electrons. The highest BCUT2D eigenvalue weighted by molar-refractivity contribution is 5.33. The van der Waals surface area contributed by atoms with Crippen LogP contribution in [-0.4, -0.2) is 26.3 Å². The molecule has 1 aliphatic rings. The number of nitrogens with one attached hydrogen (secondary N) is 1. The van der Waals surface area contributed by atoms with E-state index in [0.29, 0.717) is 12.5 Å². The molecule has 2 nitrogen and oxygen atoms in total. The van der Waals surface area contributed by atoms with Crippen LogP contribution in [0.5, 0.6) is 0 Å². The van der Waals surface area contributed by atoms with Gasteiger partial charge in [0.15, 0.2) is 0 Å². The Hall–Kier alpha value is -1.30. The molecule has 0 aliphatic carbocycles. The number of hydrogen-bond acceptors (Lipinski definition) is 2. The molecular formula is C15H19NO.